The maximum absolute atomic E-state index is 12.7. The number of nitrogens with one attached hydrogen (secondary N) is 4. The number of carbonyl (C=O) groups is 2. The summed E-state index contributed by atoms with van der Waals surface area (Å²) in [7, 11) is -3.53. The quantitative estimate of drug-likeness (QED) is 0.107. The summed E-state index contributed by atoms with van der Waals surface area (Å²) in [5.41, 5.74) is 10.4. The number of pyridine rings is 1. The molecule has 3 aromatic carbocycles. The number of carbonyl (C=O) groups excluding carboxylic acids is 2. The van der Waals surface area contributed by atoms with Crippen molar-refractivity contribution in [3.63, 3.8) is 0 Å². The molecule has 4 rings (SSSR count). The molecule has 0 aliphatic rings. The summed E-state index contributed by atoms with van der Waals surface area (Å²) in [6.07, 6.45) is 1.85. The maximum atomic E-state index is 12.7. The number of anilines is 1. The van der Waals surface area contributed by atoms with Gasteiger partial charge in [-0.2, -0.15) is 0 Å². The van der Waals surface area contributed by atoms with Crippen molar-refractivity contribution in [1.82, 2.24) is 25.7 Å². The molecule has 0 aliphatic carbocycles. The van der Waals surface area contributed by atoms with E-state index < -0.39 is 16.1 Å². The van der Waals surface area contributed by atoms with Gasteiger partial charge in [-0.1, -0.05) is 61.5 Å². The van der Waals surface area contributed by atoms with Gasteiger partial charge >= 0.3 is 0 Å². The van der Waals surface area contributed by atoms with Crippen LogP contribution < -0.4 is 26.4 Å². The predicted molar refractivity (Wildman–Crippen MR) is 182 cm³/mol. The number of nitrogen functional groups attached to an aromatic ring is 1. The van der Waals surface area contributed by atoms with E-state index in [1.807, 2.05) is 31.2 Å². The van der Waals surface area contributed by atoms with E-state index >= 15 is 0 Å². The Balaban J connectivity index is 1.19. The lowest BCUT2D eigenvalue weighted by molar-refractivity contribution is -0.120. The van der Waals surface area contributed by atoms with Crippen LogP contribution in [0.2, 0.25) is 0 Å². The van der Waals surface area contributed by atoms with Gasteiger partial charge in [-0.05, 0) is 65.9 Å². The second-order valence-electron chi connectivity index (χ2n) is 11.3. The molecule has 0 aliphatic heterocycles. The molecule has 1 heterocycles. The van der Waals surface area contributed by atoms with Crippen molar-refractivity contribution in [1.29, 1.82) is 0 Å². The molecule has 0 fully saturated rings. The molecule has 0 bridgehead atoms. The summed E-state index contributed by atoms with van der Waals surface area (Å²) < 4.78 is 26.6. The average molecular weight is 659 g/mol. The summed E-state index contributed by atoms with van der Waals surface area (Å²) in [6, 6.07) is 24.8. The number of aliphatic hydroxyl groups is 1. The van der Waals surface area contributed by atoms with Gasteiger partial charge < -0.3 is 26.8 Å². The minimum Gasteiger partial charge on any atom is -0.387 e. The fourth-order valence-corrected chi connectivity index (χ4v) is 5.94. The van der Waals surface area contributed by atoms with Crippen LogP contribution in [0.15, 0.2) is 96.0 Å². The van der Waals surface area contributed by atoms with Crippen molar-refractivity contribution in [3.05, 3.63) is 125 Å². The highest BCUT2D eigenvalue weighted by Gasteiger charge is 2.14. The van der Waals surface area contributed by atoms with Crippen molar-refractivity contribution in [2.24, 2.45) is 0 Å². The van der Waals surface area contributed by atoms with Gasteiger partial charge in [-0.25, -0.2) is 18.1 Å². The van der Waals surface area contributed by atoms with Crippen LogP contribution in [0, 0.1) is 0 Å². The molecule has 2 atom stereocenters. The minimum atomic E-state index is -3.53. The molecule has 1 aromatic heterocycles. The van der Waals surface area contributed by atoms with Gasteiger partial charge in [0, 0.05) is 49.5 Å². The number of sulfonamides is 1. The Morgan fingerprint density at radius 3 is 2.19 bits per heavy atom. The normalized spacial score (nSPS) is 12.7. The first-order valence-corrected chi connectivity index (χ1v) is 16.9. The van der Waals surface area contributed by atoms with E-state index in [0.29, 0.717) is 36.6 Å². The lowest BCUT2D eigenvalue weighted by Gasteiger charge is -2.18. The van der Waals surface area contributed by atoms with E-state index in [4.69, 9.17) is 5.73 Å². The van der Waals surface area contributed by atoms with Crippen LogP contribution in [0.4, 0.5) is 5.82 Å². The summed E-state index contributed by atoms with van der Waals surface area (Å²) in [5.74, 6) is 0.0385. The van der Waals surface area contributed by atoms with Gasteiger partial charge in [0.15, 0.2) is 0 Å². The highest BCUT2D eigenvalue weighted by atomic mass is 32.2. The second kappa shape index (κ2) is 16.8. The molecule has 0 saturated heterocycles. The van der Waals surface area contributed by atoms with Gasteiger partial charge in [0.1, 0.15) is 5.82 Å². The van der Waals surface area contributed by atoms with Crippen LogP contribution in [0.1, 0.15) is 58.1 Å². The molecule has 12 heteroatoms. The van der Waals surface area contributed by atoms with Crippen LogP contribution in [0.3, 0.4) is 0 Å². The SMILES string of the molecule is CCNS(=O)(=O)c1ccc(CNC(=O)c2ccc(CNC(=O)Cc3cccc(CC(C)NCC(O)c4ccc(N)nc4)c3)cc2)cc1. The lowest BCUT2D eigenvalue weighted by Crippen LogP contribution is -2.32. The number of nitrogens with zero attached hydrogens (tertiary/aromatic N) is 1. The molecule has 2 amide bonds. The first-order chi connectivity index (χ1) is 22.5. The van der Waals surface area contributed by atoms with Crippen LogP contribution >= 0.6 is 0 Å². The summed E-state index contributed by atoms with van der Waals surface area (Å²) in [4.78, 5) is 29.5. The minimum absolute atomic E-state index is 0.0984. The van der Waals surface area contributed by atoms with Crippen molar-refractivity contribution in [3.8, 4) is 0 Å². The predicted octanol–water partition coefficient (Wildman–Crippen LogP) is 3.01. The Bertz CT molecular complexity index is 1730. The van der Waals surface area contributed by atoms with Crippen molar-refractivity contribution >= 4 is 27.7 Å². The Morgan fingerprint density at radius 2 is 1.53 bits per heavy atom. The van der Waals surface area contributed by atoms with Gasteiger partial charge in [0.05, 0.1) is 17.4 Å². The molecule has 11 nitrogen and oxygen atoms in total. The largest absolute Gasteiger partial charge is 0.387 e. The van der Waals surface area contributed by atoms with Gasteiger partial charge in [-0.3, -0.25) is 9.59 Å². The third-order valence-electron chi connectivity index (χ3n) is 7.48. The first kappa shape index (κ1) is 35.2. The Morgan fingerprint density at radius 1 is 0.872 bits per heavy atom. The monoisotopic (exact) mass is 658 g/mol. The highest BCUT2D eigenvalue weighted by molar-refractivity contribution is 7.89. The number of hydrogen-bond donors (Lipinski definition) is 6. The summed E-state index contributed by atoms with van der Waals surface area (Å²) in [5, 5.41) is 19.5. The Labute approximate surface area is 276 Å². The molecule has 4 aromatic rings. The molecule has 47 heavy (non-hydrogen) atoms. The topological polar surface area (TPSA) is 176 Å². The third kappa shape index (κ3) is 11.0. The number of rotatable bonds is 16. The van der Waals surface area contributed by atoms with E-state index in [2.05, 4.69) is 25.7 Å². The fraction of sp³-hybridized carbons (Fsp3) is 0.286. The van der Waals surface area contributed by atoms with Gasteiger partial charge in [-0.15, -0.1) is 0 Å². The Kier molecular flexibility index (Phi) is 12.6. The van der Waals surface area contributed by atoms with E-state index in [1.54, 1.807) is 61.7 Å². The molecule has 2 unspecified atom stereocenters. The number of aliphatic hydroxyl groups excluding tert-OH is 1. The molecule has 0 spiro atoms. The molecular formula is C35H42N6O5S. The zero-order valence-corrected chi connectivity index (χ0v) is 27.4. The maximum Gasteiger partial charge on any atom is 0.251 e. The summed E-state index contributed by atoms with van der Waals surface area (Å²) in [6.45, 7) is 5.02. The van der Waals surface area contributed by atoms with Crippen molar-refractivity contribution < 1.29 is 23.1 Å². The van der Waals surface area contributed by atoms with Crippen LogP contribution in [-0.2, 0) is 40.7 Å². The molecule has 248 valence electrons. The zero-order chi connectivity index (χ0) is 33.8. The Hall–Kier alpha value is -4.62. The first-order valence-electron chi connectivity index (χ1n) is 15.5. The standard InChI is InChI=1S/C35H42N6O5S/c1-3-41-47(45,46)31-14-9-26(10-15-31)21-40-35(44)29-11-7-25(8-12-29)20-39-34(43)19-28-6-4-5-27(18-28)17-24(2)37-23-32(42)30-13-16-33(36)38-22-30/h4-16,18,22,24,32,37,41-42H,3,17,19-21,23H2,1-2H3,(H2,36,38)(H,39,43)(H,40,44). The summed E-state index contributed by atoms with van der Waals surface area (Å²) >= 11 is 0. The number of benzene rings is 3. The van der Waals surface area contributed by atoms with Gasteiger partial charge in [0.25, 0.3) is 5.91 Å². The highest BCUT2D eigenvalue weighted by Crippen LogP contribution is 2.14. The number of hydrogen-bond acceptors (Lipinski definition) is 8. The number of amides is 2. The molecule has 7 N–H and O–H groups in total. The lowest BCUT2D eigenvalue weighted by atomic mass is 10.0. The molecule has 0 radical (unpaired) electrons. The van der Waals surface area contributed by atoms with Crippen molar-refractivity contribution in [2.45, 2.75) is 56.8 Å². The fourth-order valence-electron chi connectivity index (χ4n) is 4.90. The third-order valence-corrected chi connectivity index (χ3v) is 9.04. The number of nitrogens with two attached hydrogens (primary N) is 1. The van der Waals surface area contributed by atoms with E-state index in [1.165, 1.54) is 12.1 Å². The van der Waals surface area contributed by atoms with Crippen LogP contribution in [0.5, 0.6) is 0 Å². The average Bonchev–Trinajstić information content (AvgIpc) is 3.06. The van der Waals surface area contributed by atoms with E-state index in [0.717, 1.165) is 28.7 Å². The van der Waals surface area contributed by atoms with E-state index in [9.17, 15) is 23.1 Å². The van der Waals surface area contributed by atoms with Gasteiger partial charge in [0.2, 0.25) is 15.9 Å². The molecule has 0 saturated carbocycles. The smallest absolute Gasteiger partial charge is 0.251 e. The van der Waals surface area contributed by atoms with E-state index in [-0.39, 0.29) is 35.7 Å². The van der Waals surface area contributed by atoms with Crippen LogP contribution in [-0.4, -0.2) is 49.5 Å². The van der Waals surface area contributed by atoms with Crippen LogP contribution in [0.25, 0.3) is 0 Å². The second-order valence-corrected chi connectivity index (χ2v) is 13.1. The zero-order valence-electron chi connectivity index (χ0n) is 26.6. The van der Waals surface area contributed by atoms with Crippen molar-refractivity contribution in [2.75, 3.05) is 18.8 Å². The number of aromatic nitrogens is 1. The molecular weight excluding hydrogens is 616 g/mol.